The van der Waals surface area contributed by atoms with Gasteiger partial charge >= 0.3 is 0 Å². The number of benzene rings is 4. The molecule has 38 heavy (non-hydrogen) atoms. The van der Waals surface area contributed by atoms with Gasteiger partial charge in [-0.25, -0.2) is 13.5 Å². The fourth-order valence-electron chi connectivity index (χ4n) is 6.69. The molecule has 1 aliphatic carbocycles. The first-order chi connectivity index (χ1) is 18.5. The summed E-state index contributed by atoms with van der Waals surface area (Å²) in [6, 6.07) is 27.1. The molecule has 6 heteroatoms. The van der Waals surface area contributed by atoms with E-state index in [0.717, 1.165) is 22.2 Å². The van der Waals surface area contributed by atoms with Gasteiger partial charge in [0.05, 0.1) is 17.4 Å². The SMILES string of the molecule is Cc1cc2c(cnn2-c2ccc(F)cc2)cc1[C@]12CN(C(=O)c3cccc(F)c3)C[C@H]1[C@@H]2c1ccccc1. The lowest BCUT2D eigenvalue weighted by Gasteiger charge is -2.26. The standard InChI is InChI=1S/C32H25F2N3O/c1-20-14-29-23(17-35-37(29)26-12-10-24(33)11-13-26)16-27(20)32-19-36(31(38)22-8-5-9-25(34)15-22)18-28(32)30(32)21-6-3-2-4-7-21/h2-17,28,30H,18-19H2,1H3/t28-,30-,32+/m0/s1. The second kappa shape index (κ2) is 8.35. The summed E-state index contributed by atoms with van der Waals surface area (Å²) in [5.74, 6) is -0.260. The van der Waals surface area contributed by atoms with E-state index in [1.54, 1.807) is 24.3 Å². The van der Waals surface area contributed by atoms with Crippen LogP contribution in [-0.4, -0.2) is 33.7 Å². The summed E-state index contributed by atoms with van der Waals surface area (Å²) in [6.45, 7) is 3.31. The Bertz CT molecular complexity index is 1700. The maximum absolute atomic E-state index is 13.9. The van der Waals surface area contributed by atoms with Crippen LogP contribution in [0.5, 0.6) is 0 Å². The first-order valence-corrected chi connectivity index (χ1v) is 12.8. The van der Waals surface area contributed by atoms with Crippen LogP contribution in [-0.2, 0) is 5.41 Å². The summed E-state index contributed by atoms with van der Waals surface area (Å²) in [7, 11) is 0. The Kier molecular flexibility index (Phi) is 5.02. The fraction of sp³-hybridized carbons (Fsp3) is 0.188. The summed E-state index contributed by atoms with van der Waals surface area (Å²) < 4.78 is 29.2. The van der Waals surface area contributed by atoms with Gasteiger partial charge in [0, 0.05) is 35.4 Å². The predicted octanol–water partition coefficient (Wildman–Crippen LogP) is 6.42. The molecule has 3 atom stereocenters. The fourth-order valence-corrected chi connectivity index (χ4v) is 6.69. The van der Waals surface area contributed by atoms with Crippen LogP contribution in [0.3, 0.4) is 0 Å². The third-order valence-corrected chi connectivity index (χ3v) is 8.38. The van der Waals surface area contributed by atoms with Crippen LogP contribution in [0.25, 0.3) is 16.6 Å². The van der Waals surface area contributed by atoms with Crippen LogP contribution in [0.2, 0.25) is 0 Å². The molecular weight excluding hydrogens is 480 g/mol. The first kappa shape index (κ1) is 22.8. The van der Waals surface area contributed by atoms with Crippen molar-refractivity contribution in [1.29, 1.82) is 0 Å². The number of hydrogen-bond acceptors (Lipinski definition) is 2. The summed E-state index contributed by atoms with van der Waals surface area (Å²) in [4.78, 5) is 15.3. The van der Waals surface area contributed by atoms with Crippen LogP contribution >= 0.6 is 0 Å². The van der Waals surface area contributed by atoms with Crippen molar-refractivity contribution in [2.75, 3.05) is 13.1 Å². The average molecular weight is 506 g/mol. The second-order valence-corrected chi connectivity index (χ2v) is 10.5. The average Bonchev–Trinajstić information content (AvgIpc) is 3.19. The van der Waals surface area contributed by atoms with E-state index in [1.807, 2.05) is 21.8 Å². The normalized spacial score (nSPS) is 22.0. The molecule has 2 fully saturated rings. The van der Waals surface area contributed by atoms with E-state index < -0.39 is 5.82 Å². The molecule has 0 N–H and O–H groups in total. The van der Waals surface area contributed by atoms with E-state index in [-0.39, 0.29) is 23.1 Å². The molecule has 0 spiro atoms. The number of rotatable bonds is 4. The van der Waals surface area contributed by atoms with Crippen LogP contribution in [0.1, 0.15) is 33.0 Å². The van der Waals surface area contributed by atoms with E-state index in [4.69, 9.17) is 0 Å². The lowest BCUT2D eigenvalue weighted by atomic mass is 9.86. The zero-order chi connectivity index (χ0) is 26.0. The number of carbonyl (C=O) groups is 1. The van der Waals surface area contributed by atoms with Gasteiger partial charge in [0.15, 0.2) is 0 Å². The van der Waals surface area contributed by atoms with E-state index in [0.29, 0.717) is 24.6 Å². The monoisotopic (exact) mass is 505 g/mol. The Morgan fingerprint density at radius 1 is 0.921 bits per heavy atom. The van der Waals surface area contributed by atoms with Crippen molar-refractivity contribution >= 4 is 16.8 Å². The zero-order valence-corrected chi connectivity index (χ0v) is 20.8. The van der Waals surface area contributed by atoms with E-state index in [1.165, 1.54) is 35.4 Å². The molecule has 1 saturated carbocycles. The number of likely N-dealkylation sites (tertiary alicyclic amines) is 1. The molecule has 1 aromatic heterocycles. The lowest BCUT2D eigenvalue weighted by molar-refractivity contribution is 0.0768. The van der Waals surface area contributed by atoms with E-state index in [2.05, 4.69) is 48.4 Å². The van der Waals surface area contributed by atoms with Gasteiger partial charge in [0.1, 0.15) is 11.6 Å². The van der Waals surface area contributed by atoms with E-state index in [9.17, 15) is 13.6 Å². The molecule has 0 unspecified atom stereocenters. The van der Waals surface area contributed by atoms with Gasteiger partial charge < -0.3 is 4.90 Å². The predicted molar refractivity (Wildman–Crippen MR) is 142 cm³/mol. The summed E-state index contributed by atoms with van der Waals surface area (Å²) in [5.41, 5.74) is 5.53. The minimum Gasteiger partial charge on any atom is -0.337 e. The topological polar surface area (TPSA) is 38.1 Å². The molecule has 4 aromatic carbocycles. The van der Waals surface area contributed by atoms with Gasteiger partial charge in [0.2, 0.25) is 0 Å². The van der Waals surface area contributed by atoms with Crippen molar-refractivity contribution in [3.8, 4) is 5.69 Å². The Balaban J connectivity index is 1.30. The third kappa shape index (κ3) is 3.40. The zero-order valence-electron chi connectivity index (χ0n) is 20.8. The molecule has 0 radical (unpaired) electrons. The Labute approximate surface area is 219 Å². The number of fused-ring (bicyclic) bond motifs is 2. The Hall–Kier alpha value is -4.32. The highest BCUT2D eigenvalue weighted by Gasteiger charge is 2.70. The number of halogens is 2. The lowest BCUT2D eigenvalue weighted by Crippen LogP contribution is -2.34. The maximum atomic E-state index is 13.9. The molecular formula is C32H25F2N3O. The van der Waals surface area contributed by atoms with Crippen molar-refractivity contribution in [3.63, 3.8) is 0 Å². The molecule has 1 amide bonds. The number of nitrogens with zero attached hydrogens (tertiary/aromatic N) is 3. The summed E-state index contributed by atoms with van der Waals surface area (Å²) in [6.07, 6.45) is 1.85. The largest absolute Gasteiger partial charge is 0.337 e. The molecule has 5 aromatic rings. The highest BCUT2D eigenvalue weighted by Crippen LogP contribution is 2.69. The maximum Gasteiger partial charge on any atom is 0.253 e. The highest BCUT2D eigenvalue weighted by atomic mass is 19.1. The van der Waals surface area contributed by atoms with Crippen molar-refractivity contribution in [3.05, 3.63) is 131 Å². The number of hydrogen-bond donors (Lipinski definition) is 0. The summed E-state index contributed by atoms with van der Waals surface area (Å²) in [5, 5.41) is 5.60. The summed E-state index contributed by atoms with van der Waals surface area (Å²) >= 11 is 0. The second-order valence-electron chi connectivity index (χ2n) is 10.5. The van der Waals surface area contributed by atoms with Gasteiger partial charge in [-0.15, -0.1) is 0 Å². The van der Waals surface area contributed by atoms with Crippen LogP contribution < -0.4 is 0 Å². The van der Waals surface area contributed by atoms with Gasteiger partial charge in [-0.3, -0.25) is 4.79 Å². The molecule has 7 rings (SSSR count). The quantitative estimate of drug-likeness (QED) is 0.283. The van der Waals surface area contributed by atoms with Gasteiger partial charge in [-0.1, -0.05) is 36.4 Å². The third-order valence-electron chi connectivity index (χ3n) is 8.38. The minimum atomic E-state index is -0.406. The Morgan fingerprint density at radius 2 is 1.71 bits per heavy atom. The smallest absolute Gasteiger partial charge is 0.253 e. The molecule has 2 heterocycles. The highest BCUT2D eigenvalue weighted by molar-refractivity contribution is 5.95. The van der Waals surface area contributed by atoms with Gasteiger partial charge in [0.25, 0.3) is 5.91 Å². The van der Waals surface area contributed by atoms with Crippen LogP contribution in [0, 0.1) is 24.5 Å². The number of amides is 1. The minimum absolute atomic E-state index is 0.134. The van der Waals surface area contributed by atoms with Gasteiger partial charge in [-0.2, -0.15) is 5.10 Å². The van der Waals surface area contributed by atoms with Crippen LogP contribution in [0.4, 0.5) is 8.78 Å². The molecule has 2 aliphatic rings. The number of piperidine rings is 1. The molecule has 1 aliphatic heterocycles. The van der Waals surface area contributed by atoms with E-state index >= 15 is 0 Å². The molecule has 1 saturated heterocycles. The van der Waals surface area contributed by atoms with Crippen LogP contribution in [0.15, 0.2) is 97.2 Å². The molecule has 188 valence electrons. The van der Waals surface area contributed by atoms with Crippen molar-refractivity contribution < 1.29 is 13.6 Å². The van der Waals surface area contributed by atoms with Gasteiger partial charge in [-0.05, 0) is 84.1 Å². The number of carbonyl (C=O) groups excluding carboxylic acids is 1. The van der Waals surface area contributed by atoms with Crippen molar-refractivity contribution in [1.82, 2.24) is 14.7 Å². The number of aromatic nitrogens is 2. The Morgan fingerprint density at radius 3 is 2.47 bits per heavy atom. The molecule has 0 bridgehead atoms. The molecule has 4 nitrogen and oxygen atoms in total. The van der Waals surface area contributed by atoms with Crippen molar-refractivity contribution in [2.45, 2.75) is 18.3 Å². The first-order valence-electron chi connectivity index (χ1n) is 12.8. The number of aryl methyl sites for hydroxylation is 1. The van der Waals surface area contributed by atoms with Crippen molar-refractivity contribution in [2.24, 2.45) is 5.92 Å².